The van der Waals surface area contributed by atoms with Crippen molar-refractivity contribution in [1.29, 1.82) is 0 Å². The first kappa shape index (κ1) is 15.3. The topological polar surface area (TPSA) is 84.0 Å². The third-order valence-electron chi connectivity index (χ3n) is 4.86. The smallest absolute Gasteiger partial charge is 0.180 e. The van der Waals surface area contributed by atoms with Crippen LogP contribution in [0.3, 0.4) is 0 Å². The summed E-state index contributed by atoms with van der Waals surface area (Å²) in [6.45, 7) is 1.07. The van der Waals surface area contributed by atoms with Gasteiger partial charge in [0.1, 0.15) is 5.69 Å². The van der Waals surface area contributed by atoms with Gasteiger partial charge in [0.25, 0.3) is 0 Å². The quantitative estimate of drug-likeness (QED) is 0.787. The Kier molecular flexibility index (Phi) is 4.27. The van der Waals surface area contributed by atoms with E-state index in [1.807, 2.05) is 18.2 Å². The zero-order valence-electron chi connectivity index (χ0n) is 13.7. The van der Waals surface area contributed by atoms with Crippen LogP contribution in [-0.4, -0.2) is 40.7 Å². The molecule has 3 unspecified atom stereocenters. The monoisotopic (exact) mass is 326 g/mol. The van der Waals surface area contributed by atoms with E-state index in [-0.39, 0.29) is 0 Å². The van der Waals surface area contributed by atoms with Crippen molar-refractivity contribution >= 4 is 5.82 Å². The molecular weight excluding hydrogens is 304 g/mol. The van der Waals surface area contributed by atoms with Gasteiger partial charge in [-0.2, -0.15) is 0 Å². The van der Waals surface area contributed by atoms with Crippen LogP contribution in [0.5, 0.6) is 5.75 Å². The van der Waals surface area contributed by atoms with E-state index in [1.165, 1.54) is 6.42 Å². The molecule has 0 radical (unpaired) electrons. The Morgan fingerprint density at radius 2 is 2.21 bits per heavy atom. The molecule has 4 rings (SSSR count). The maximum atomic E-state index is 5.43. The number of hydrogen-bond acceptors (Lipinski definition) is 7. The van der Waals surface area contributed by atoms with Gasteiger partial charge >= 0.3 is 0 Å². The second kappa shape index (κ2) is 6.70. The highest BCUT2D eigenvalue weighted by Gasteiger charge is 2.34. The van der Waals surface area contributed by atoms with E-state index in [0.29, 0.717) is 23.7 Å². The fraction of sp³-hybridized carbons (Fsp3) is 0.471. The number of pyridine rings is 1. The molecule has 1 saturated carbocycles. The number of aromatic nitrogens is 3. The van der Waals surface area contributed by atoms with Crippen LogP contribution in [0.1, 0.15) is 19.3 Å². The standard InChI is InChI=1S/C17H22N6O/c1-24-15-10-19-16(13-4-2-3-7-18-13)22-17(15)21-12-6-5-11-9-20-23-14(11)8-12/h2-4,7,10-12,14,20,23H,5-6,8-9H2,1H3,(H,19,21,22). The van der Waals surface area contributed by atoms with Crippen LogP contribution in [0.4, 0.5) is 5.82 Å². The fourth-order valence-corrected chi connectivity index (χ4v) is 3.54. The Hall–Kier alpha value is -2.25. The average Bonchev–Trinajstić information content (AvgIpc) is 3.10. The van der Waals surface area contributed by atoms with E-state index in [2.05, 4.69) is 31.1 Å². The zero-order valence-corrected chi connectivity index (χ0v) is 13.7. The first-order valence-electron chi connectivity index (χ1n) is 8.41. The third kappa shape index (κ3) is 3.05. The van der Waals surface area contributed by atoms with Gasteiger partial charge in [-0.1, -0.05) is 6.07 Å². The predicted molar refractivity (Wildman–Crippen MR) is 91.5 cm³/mol. The van der Waals surface area contributed by atoms with E-state index >= 15 is 0 Å². The highest BCUT2D eigenvalue weighted by atomic mass is 16.5. The van der Waals surface area contributed by atoms with Crippen molar-refractivity contribution < 1.29 is 4.74 Å². The molecule has 1 aliphatic heterocycles. The summed E-state index contributed by atoms with van der Waals surface area (Å²) in [5.74, 6) is 2.74. The van der Waals surface area contributed by atoms with Crippen LogP contribution < -0.4 is 20.9 Å². The lowest BCUT2D eigenvalue weighted by Gasteiger charge is -2.31. The molecule has 0 amide bonds. The molecule has 0 aromatic carbocycles. The first-order chi connectivity index (χ1) is 11.8. The van der Waals surface area contributed by atoms with E-state index in [0.717, 1.165) is 36.8 Å². The summed E-state index contributed by atoms with van der Waals surface area (Å²) in [6.07, 6.45) is 6.87. The van der Waals surface area contributed by atoms with Gasteiger partial charge in [-0.15, -0.1) is 0 Å². The minimum atomic E-state index is 0.374. The highest BCUT2D eigenvalue weighted by Crippen LogP contribution is 2.31. The van der Waals surface area contributed by atoms with Gasteiger partial charge in [-0.3, -0.25) is 15.8 Å². The SMILES string of the molecule is COc1cnc(-c2ccccn2)nc1NC1CCC2CNNC2C1. The maximum Gasteiger partial charge on any atom is 0.180 e. The number of fused-ring (bicyclic) bond motifs is 1. The number of nitrogens with zero attached hydrogens (tertiary/aromatic N) is 3. The van der Waals surface area contributed by atoms with Crippen molar-refractivity contribution in [2.75, 3.05) is 19.0 Å². The molecule has 2 aromatic heterocycles. The van der Waals surface area contributed by atoms with Gasteiger partial charge < -0.3 is 10.1 Å². The molecule has 3 atom stereocenters. The van der Waals surface area contributed by atoms with Crippen molar-refractivity contribution in [1.82, 2.24) is 25.8 Å². The number of anilines is 1. The van der Waals surface area contributed by atoms with Crippen molar-refractivity contribution in [2.45, 2.75) is 31.3 Å². The van der Waals surface area contributed by atoms with E-state index in [9.17, 15) is 0 Å². The summed E-state index contributed by atoms with van der Waals surface area (Å²) in [4.78, 5) is 13.3. The Bertz CT molecular complexity index is 695. The van der Waals surface area contributed by atoms with Crippen LogP contribution in [0.25, 0.3) is 11.5 Å². The minimum absolute atomic E-state index is 0.374. The summed E-state index contributed by atoms with van der Waals surface area (Å²) in [5, 5.41) is 3.55. The molecular formula is C17H22N6O. The van der Waals surface area contributed by atoms with Crippen LogP contribution in [0, 0.1) is 5.92 Å². The molecule has 0 bridgehead atoms. The Morgan fingerprint density at radius 3 is 3.04 bits per heavy atom. The summed E-state index contributed by atoms with van der Waals surface area (Å²) >= 11 is 0. The second-order valence-corrected chi connectivity index (χ2v) is 6.37. The van der Waals surface area contributed by atoms with Crippen LogP contribution in [0.15, 0.2) is 30.6 Å². The van der Waals surface area contributed by atoms with Gasteiger partial charge in [0, 0.05) is 24.8 Å². The molecule has 3 N–H and O–H groups in total. The van der Waals surface area contributed by atoms with Crippen molar-refractivity contribution in [3.8, 4) is 17.3 Å². The zero-order chi connectivity index (χ0) is 16.4. The van der Waals surface area contributed by atoms with Crippen molar-refractivity contribution in [3.05, 3.63) is 30.6 Å². The van der Waals surface area contributed by atoms with Crippen LogP contribution in [-0.2, 0) is 0 Å². The molecule has 2 aromatic rings. The third-order valence-corrected chi connectivity index (χ3v) is 4.86. The van der Waals surface area contributed by atoms with Crippen LogP contribution in [0.2, 0.25) is 0 Å². The predicted octanol–water partition coefficient (Wildman–Crippen LogP) is 1.60. The number of rotatable bonds is 4. The van der Waals surface area contributed by atoms with Crippen molar-refractivity contribution in [3.63, 3.8) is 0 Å². The second-order valence-electron chi connectivity index (χ2n) is 6.37. The number of hydrogen-bond donors (Lipinski definition) is 3. The summed E-state index contributed by atoms with van der Waals surface area (Å²) < 4.78 is 5.43. The first-order valence-corrected chi connectivity index (χ1v) is 8.41. The number of methoxy groups -OCH3 is 1. The Morgan fingerprint density at radius 1 is 1.25 bits per heavy atom. The molecule has 3 heterocycles. The molecule has 2 fully saturated rings. The van der Waals surface area contributed by atoms with Gasteiger partial charge in [0.2, 0.25) is 0 Å². The summed E-state index contributed by atoms with van der Waals surface area (Å²) in [5.41, 5.74) is 7.40. The summed E-state index contributed by atoms with van der Waals surface area (Å²) in [6, 6.07) is 6.62. The van der Waals surface area contributed by atoms with E-state index in [4.69, 9.17) is 4.74 Å². The van der Waals surface area contributed by atoms with Gasteiger partial charge in [0.15, 0.2) is 17.4 Å². The minimum Gasteiger partial charge on any atom is -0.491 e. The lowest BCUT2D eigenvalue weighted by molar-refractivity contribution is 0.313. The average molecular weight is 326 g/mol. The van der Waals surface area contributed by atoms with E-state index < -0.39 is 0 Å². The molecule has 1 saturated heterocycles. The normalized spacial score (nSPS) is 26.0. The lowest BCUT2D eigenvalue weighted by atomic mass is 9.83. The van der Waals surface area contributed by atoms with Gasteiger partial charge in [0.05, 0.1) is 13.3 Å². The van der Waals surface area contributed by atoms with Crippen LogP contribution >= 0.6 is 0 Å². The highest BCUT2D eigenvalue weighted by molar-refractivity contribution is 5.57. The largest absolute Gasteiger partial charge is 0.491 e. The lowest BCUT2D eigenvalue weighted by Crippen LogP contribution is -2.40. The molecule has 7 nitrogen and oxygen atoms in total. The molecule has 2 aliphatic rings. The molecule has 0 spiro atoms. The molecule has 7 heteroatoms. The Balaban J connectivity index is 1.55. The molecule has 126 valence electrons. The van der Waals surface area contributed by atoms with Gasteiger partial charge in [-0.25, -0.2) is 9.97 Å². The fourth-order valence-electron chi connectivity index (χ4n) is 3.54. The summed E-state index contributed by atoms with van der Waals surface area (Å²) in [7, 11) is 1.64. The van der Waals surface area contributed by atoms with Gasteiger partial charge in [-0.05, 0) is 37.3 Å². The number of ether oxygens (including phenoxy) is 1. The van der Waals surface area contributed by atoms with E-state index in [1.54, 1.807) is 19.5 Å². The molecule has 1 aliphatic carbocycles. The molecule has 24 heavy (non-hydrogen) atoms. The van der Waals surface area contributed by atoms with Crippen molar-refractivity contribution in [2.24, 2.45) is 5.92 Å². The maximum absolute atomic E-state index is 5.43. The Labute approximate surface area is 141 Å². The number of hydrazine groups is 1. The number of nitrogens with one attached hydrogen (secondary N) is 3.